The van der Waals surface area contributed by atoms with Gasteiger partial charge in [-0.05, 0) is 74.8 Å². The second-order valence-corrected chi connectivity index (χ2v) is 14.0. The molecule has 0 aromatic heterocycles. The molecule has 0 atom stereocenters. The van der Waals surface area contributed by atoms with Crippen LogP contribution in [0.5, 0.6) is 0 Å². The van der Waals surface area contributed by atoms with Crippen molar-refractivity contribution >= 4 is 28.7 Å². The molecular weight excluding hydrogens is 544 g/mol. The van der Waals surface area contributed by atoms with Gasteiger partial charge in [-0.1, -0.05) is 107 Å². The third-order valence-corrected chi connectivity index (χ3v) is 10.4. The first-order valence-electron chi connectivity index (χ1n) is 16.8. The van der Waals surface area contributed by atoms with Crippen LogP contribution in [0.25, 0.3) is 0 Å². The van der Waals surface area contributed by atoms with E-state index in [1.54, 1.807) is 0 Å². The minimum absolute atomic E-state index is 0.0333. The molecule has 3 aliphatic rings. The first-order chi connectivity index (χ1) is 20.7. The monoisotopic (exact) mass is 595 g/mol. The molecule has 1 aliphatic carbocycles. The molecule has 5 rings (SSSR count). The molecule has 2 aromatic rings. The van der Waals surface area contributed by atoms with Gasteiger partial charge in [0, 0.05) is 52.5 Å². The first-order valence-corrected chi connectivity index (χ1v) is 17.2. The molecule has 0 unspecified atom stereocenters. The van der Waals surface area contributed by atoms with E-state index in [0.29, 0.717) is 0 Å². The molecule has 2 aromatic carbocycles. The van der Waals surface area contributed by atoms with E-state index in [1.165, 1.54) is 83.6 Å². The lowest BCUT2D eigenvalue weighted by Gasteiger charge is -2.27. The zero-order chi connectivity index (χ0) is 30.6. The Labute approximate surface area is 266 Å². The molecule has 0 spiro atoms. The quantitative estimate of drug-likeness (QED) is 0.185. The standard InChI is InChI=1S/C40H52ClN2/c1-7-9-15-28-42-34-22-13-11-20-32(34)39(3,4)36(42)26-24-30-18-17-19-31(38(30)41)25-27-37-40(5,6)33-21-12-14-23-35(33)43(37)29-16-10-8-2/h11-14,20-27H,7-10,15-19,28-29H2,1-6H3/q+1. The number of hydrogen-bond acceptors (Lipinski definition) is 1. The normalized spacial score (nSPS) is 21.0. The van der Waals surface area contributed by atoms with Crippen LogP contribution in [0.3, 0.4) is 0 Å². The summed E-state index contributed by atoms with van der Waals surface area (Å²) >= 11 is 7.21. The molecule has 2 heterocycles. The molecule has 43 heavy (non-hydrogen) atoms. The summed E-state index contributed by atoms with van der Waals surface area (Å²) in [5.41, 5.74) is 10.8. The third-order valence-electron chi connectivity index (χ3n) is 9.91. The molecule has 0 bridgehead atoms. The van der Waals surface area contributed by atoms with Crippen molar-refractivity contribution < 1.29 is 4.58 Å². The van der Waals surface area contributed by atoms with Gasteiger partial charge in [0.2, 0.25) is 5.69 Å². The summed E-state index contributed by atoms with van der Waals surface area (Å²) in [6.07, 6.45) is 20.0. The zero-order valence-corrected chi connectivity index (χ0v) is 28.2. The Balaban J connectivity index is 1.47. The second-order valence-electron chi connectivity index (χ2n) is 13.7. The van der Waals surface area contributed by atoms with Crippen LogP contribution in [-0.4, -0.2) is 23.4 Å². The van der Waals surface area contributed by atoms with Crippen LogP contribution >= 0.6 is 11.6 Å². The summed E-state index contributed by atoms with van der Waals surface area (Å²) in [6.45, 7) is 16.2. The summed E-state index contributed by atoms with van der Waals surface area (Å²) in [6, 6.07) is 17.9. The molecule has 0 radical (unpaired) electrons. The van der Waals surface area contributed by atoms with Crippen LogP contribution in [0.4, 0.5) is 11.4 Å². The lowest BCUT2D eigenvalue weighted by atomic mass is 9.81. The number of allylic oxidation sites excluding steroid dienone is 8. The minimum atomic E-state index is -0.0333. The van der Waals surface area contributed by atoms with Crippen molar-refractivity contribution in [3.05, 3.63) is 106 Å². The third kappa shape index (κ3) is 6.23. The minimum Gasteiger partial charge on any atom is -0.344 e. The zero-order valence-electron chi connectivity index (χ0n) is 27.5. The molecule has 0 saturated carbocycles. The Morgan fingerprint density at radius 3 is 2.26 bits per heavy atom. The van der Waals surface area contributed by atoms with E-state index in [0.717, 1.165) is 37.4 Å². The predicted octanol–water partition coefficient (Wildman–Crippen LogP) is 11.3. The molecule has 228 valence electrons. The van der Waals surface area contributed by atoms with Crippen LogP contribution in [0.2, 0.25) is 0 Å². The van der Waals surface area contributed by atoms with Crippen LogP contribution in [-0.2, 0) is 10.8 Å². The molecule has 0 N–H and O–H groups in total. The maximum atomic E-state index is 7.21. The summed E-state index contributed by atoms with van der Waals surface area (Å²) in [5, 5.41) is 0.941. The Morgan fingerprint density at radius 1 is 0.791 bits per heavy atom. The van der Waals surface area contributed by atoms with E-state index in [1.807, 2.05) is 0 Å². The topological polar surface area (TPSA) is 6.25 Å². The van der Waals surface area contributed by atoms with Crippen molar-refractivity contribution in [3.63, 3.8) is 0 Å². The summed E-state index contributed by atoms with van der Waals surface area (Å²) in [4.78, 5) is 2.56. The number of anilines is 1. The Hall–Kier alpha value is -2.84. The van der Waals surface area contributed by atoms with Crippen LogP contribution in [0, 0.1) is 0 Å². The molecule has 2 aliphatic heterocycles. The maximum Gasteiger partial charge on any atom is 0.209 e. The second kappa shape index (κ2) is 13.4. The molecular formula is C40H52ClN2+. The predicted molar refractivity (Wildman–Crippen MR) is 187 cm³/mol. The van der Waals surface area contributed by atoms with Gasteiger partial charge in [0.05, 0.1) is 5.41 Å². The average molecular weight is 596 g/mol. The number of hydrogen-bond donors (Lipinski definition) is 0. The van der Waals surface area contributed by atoms with Gasteiger partial charge in [-0.3, -0.25) is 0 Å². The maximum absolute atomic E-state index is 7.21. The Bertz CT molecular complexity index is 1480. The number of nitrogens with zero attached hydrogens (tertiary/aromatic N) is 2. The van der Waals surface area contributed by atoms with Gasteiger partial charge >= 0.3 is 0 Å². The lowest BCUT2D eigenvalue weighted by Crippen LogP contribution is -2.28. The highest BCUT2D eigenvalue weighted by Crippen LogP contribution is 2.48. The van der Waals surface area contributed by atoms with E-state index in [4.69, 9.17) is 11.6 Å². The van der Waals surface area contributed by atoms with E-state index in [2.05, 4.69) is 124 Å². The first kappa shape index (κ1) is 31.6. The molecule has 3 heteroatoms. The molecule has 0 amide bonds. The van der Waals surface area contributed by atoms with E-state index >= 15 is 0 Å². The van der Waals surface area contributed by atoms with Crippen molar-refractivity contribution in [2.75, 3.05) is 18.0 Å². The van der Waals surface area contributed by atoms with Crippen molar-refractivity contribution in [1.29, 1.82) is 0 Å². The summed E-state index contributed by atoms with van der Waals surface area (Å²) in [7, 11) is 0. The largest absolute Gasteiger partial charge is 0.344 e. The number of halogens is 1. The molecule has 2 nitrogen and oxygen atoms in total. The fourth-order valence-corrected chi connectivity index (χ4v) is 7.69. The number of benzene rings is 2. The smallest absolute Gasteiger partial charge is 0.209 e. The van der Waals surface area contributed by atoms with Gasteiger partial charge in [-0.2, -0.15) is 4.58 Å². The fourth-order valence-electron chi connectivity index (χ4n) is 7.37. The van der Waals surface area contributed by atoms with Crippen LogP contribution in [0.15, 0.2) is 94.7 Å². The van der Waals surface area contributed by atoms with Crippen LogP contribution in [0.1, 0.15) is 110 Å². The summed E-state index contributed by atoms with van der Waals surface area (Å²) < 4.78 is 2.56. The van der Waals surface area contributed by atoms with E-state index in [9.17, 15) is 0 Å². The van der Waals surface area contributed by atoms with Gasteiger partial charge in [0.1, 0.15) is 6.54 Å². The average Bonchev–Trinajstić information content (AvgIpc) is 3.35. The van der Waals surface area contributed by atoms with Crippen molar-refractivity contribution in [2.45, 2.75) is 110 Å². The summed E-state index contributed by atoms with van der Waals surface area (Å²) in [5.74, 6) is 0. The highest BCUT2D eigenvalue weighted by atomic mass is 35.5. The van der Waals surface area contributed by atoms with Crippen molar-refractivity contribution in [1.82, 2.24) is 0 Å². The van der Waals surface area contributed by atoms with Crippen molar-refractivity contribution in [2.24, 2.45) is 0 Å². The number of rotatable bonds is 11. The van der Waals surface area contributed by atoms with Gasteiger partial charge in [0.15, 0.2) is 5.71 Å². The lowest BCUT2D eigenvalue weighted by molar-refractivity contribution is -0.438. The van der Waals surface area contributed by atoms with E-state index in [-0.39, 0.29) is 10.8 Å². The highest BCUT2D eigenvalue weighted by molar-refractivity contribution is 6.32. The van der Waals surface area contributed by atoms with Gasteiger partial charge in [0.25, 0.3) is 0 Å². The Morgan fingerprint density at radius 2 is 1.49 bits per heavy atom. The number of fused-ring (bicyclic) bond motifs is 2. The number of unbranched alkanes of at least 4 members (excludes halogenated alkanes) is 4. The highest BCUT2D eigenvalue weighted by Gasteiger charge is 2.44. The van der Waals surface area contributed by atoms with Crippen LogP contribution < -0.4 is 4.90 Å². The molecule has 0 saturated heterocycles. The van der Waals surface area contributed by atoms with Gasteiger partial charge in [-0.15, -0.1) is 0 Å². The van der Waals surface area contributed by atoms with E-state index < -0.39 is 0 Å². The molecule has 0 fully saturated rings. The SMILES string of the molecule is CCCCCN1C(=CC=C2CCCC(C=CC3=[N+](CCCCC)c4ccccc4C3(C)C)=C2Cl)C(C)(C)c2ccccc21. The fraction of sp³-hybridized carbons (Fsp3) is 0.475. The van der Waals surface area contributed by atoms with Gasteiger partial charge in [-0.25, -0.2) is 0 Å². The van der Waals surface area contributed by atoms with Crippen molar-refractivity contribution in [3.8, 4) is 0 Å². The number of para-hydroxylation sites is 2. The van der Waals surface area contributed by atoms with Gasteiger partial charge < -0.3 is 4.90 Å². The Kier molecular flexibility index (Phi) is 9.86.